The average Bonchev–Trinajstić information content (AvgIpc) is 3.68. The Labute approximate surface area is 668 Å². The van der Waals surface area contributed by atoms with Crippen molar-refractivity contribution in [2.24, 2.45) is 0 Å². The Morgan fingerprint density at radius 1 is 0.227 bits per heavy atom. The first kappa shape index (κ1) is 116. The molecule has 0 N–H and O–H groups in total. The molecule has 0 amide bonds. The van der Waals surface area contributed by atoms with Gasteiger partial charge in [0.1, 0.15) is 0 Å². The van der Waals surface area contributed by atoms with Crippen LogP contribution < -0.4 is 0 Å². The minimum absolute atomic E-state index is 0. The van der Waals surface area contributed by atoms with Gasteiger partial charge in [-0.05, 0) is 51.4 Å². The molecule has 0 aliphatic heterocycles. The zero-order valence-corrected chi connectivity index (χ0v) is 72.2. The molecule has 0 aliphatic rings. The van der Waals surface area contributed by atoms with Gasteiger partial charge in [0.2, 0.25) is 0 Å². The average molecular weight is 1670 g/mol. The van der Waals surface area contributed by atoms with Crippen LogP contribution in [0, 0.1) is 0 Å². The third-order valence-corrected chi connectivity index (χ3v) is 16.9. The molecule has 0 heterocycles. The number of unbranched alkanes of at least 4 members (excludes halogenated alkanes) is 52. The summed E-state index contributed by atoms with van der Waals surface area (Å²) in [5.74, 6) is 0.844. The number of esters is 4. The topological polar surface area (TPSA) is 105 Å². The summed E-state index contributed by atoms with van der Waals surface area (Å²) in [7, 11) is 0. The summed E-state index contributed by atoms with van der Waals surface area (Å²) >= 11 is 18.9. The normalized spacial score (nSPS) is 10.6. The second-order valence-corrected chi connectivity index (χ2v) is 26.9. The van der Waals surface area contributed by atoms with Crippen molar-refractivity contribution in [3.05, 3.63) is 48.6 Å². The second kappa shape index (κ2) is 112. The molecule has 97 heavy (non-hydrogen) atoms. The van der Waals surface area contributed by atoms with Crippen molar-refractivity contribution in [3.8, 4) is 0 Å². The molecule has 0 aromatic rings. The summed E-state index contributed by atoms with van der Waals surface area (Å²) in [4.78, 5) is 44.7. The van der Waals surface area contributed by atoms with E-state index in [0.717, 1.165) is 25.7 Å². The first-order valence-electron chi connectivity index (χ1n) is 38.9. The number of ether oxygens (including phenoxy) is 4. The molecule has 0 saturated carbocycles. The molecule has 0 bridgehead atoms. The van der Waals surface area contributed by atoms with Crippen molar-refractivity contribution in [1.82, 2.24) is 0 Å². The summed E-state index contributed by atoms with van der Waals surface area (Å²) in [6, 6.07) is 0. The van der Waals surface area contributed by atoms with Crippen LogP contribution in [0.25, 0.3) is 0 Å². The number of carbonyl (C=O) groups is 4. The largest absolute Gasteiger partial charge is 2.00 e. The fourth-order valence-corrected chi connectivity index (χ4v) is 10.9. The van der Waals surface area contributed by atoms with Gasteiger partial charge >= 0.3 is 71.7 Å². The van der Waals surface area contributed by atoms with Crippen LogP contribution in [0.1, 0.15) is 402 Å². The van der Waals surface area contributed by atoms with Crippen LogP contribution in [0.15, 0.2) is 48.6 Å². The second-order valence-electron chi connectivity index (χ2n) is 25.2. The van der Waals surface area contributed by atoms with E-state index in [1.165, 1.54) is 358 Å². The van der Waals surface area contributed by atoms with Crippen LogP contribution in [0.5, 0.6) is 0 Å². The predicted molar refractivity (Wildman–Crippen MR) is 446 cm³/mol. The molecule has 0 rings (SSSR count). The Balaban J connectivity index is -0.000000149. The first-order chi connectivity index (χ1) is 45.2. The van der Waals surface area contributed by atoms with Crippen LogP contribution in [-0.4, -0.2) is 121 Å². The summed E-state index contributed by atoms with van der Waals surface area (Å²) < 4.78 is 19.5. The van der Waals surface area contributed by atoms with Crippen LogP contribution in [-0.2, 0) is 88.6 Å². The van der Waals surface area contributed by atoms with Crippen molar-refractivity contribution < 1.29 is 38.1 Å². The number of hydrogen-bond donors (Lipinski definition) is 0. The van der Waals surface area contributed by atoms with Gasteiger partial charge in [-0.1, -0.05) is 375 Å². The van der Waals surface area contributed by atoms with E-state index in [4.69, 9.17) is 69.5 Å². The molecule has 0 aliphatic carbocycles. The van der Waals surface area contributed by atoms with Gasteiger partial charge in [0.25, 0.3) is 0 Å². The van der Waals surface area contributed by atoms with Gasteiger partial charge in [0.15, 0.2) is 0 Å². The maximum absolute atomic E-state index is 11.2. The third kappa shape index (κ3) is 120. The van der Waals surface area contributed by atoms with E-state index in [2.05, 4.69) is 27.7 Å². The molecule has 0 spiro atoms. The van der Waals surface area contributed by atoms with E-state index in [1.807, 2.05) is 24.3 Å². The van der Waals surface area contributed by atoms with E-state index in [1.54, 1.807) is 0 Å². The minimum atomic E-state index is -0.260. The Hall–Kier alpha value is 0.187. The van der Waals surface area contributed by atoms with Crippen molar-refractivity contribution in [2.45, 2.75) is 402 Å². The number of allylic oxidation sites excluding steroid dienone is 4. The molecule has 0 aromatic carbocycles. The first-order valence-corrected chi connectivity index (χ1v) is 41.2. The molecule has 0 fully saturated rings. The SMILES string of the molecule is C.C.CCCCCCCCCCCCCCC/C=C/C(=O)OCC[S-].CCCCCCCCCCCCCCC/C=C/C(=O)OCC[S-].CCCCCCCCCCCCCCC/C=C/C(=O)OCC[S-].CCCCCCCCCCCCCCC/C=C/C(=O)OCC[S-].S.[Sn+2].[Sn+2]. The van der Waals surface area contributed by atoms with Crippen molar-refractivity contribution >= 4 is 136 Å². The summed E-state index contributed by atoms with van der Waals surface area (Å²) in [5.41, 5.74) is 0. The summed E-state index contributed by atoms with van der Waals surface area (Å²) in [6.45, 7) is 10.5. The predicted octanol–water partition coefficient (Wildman–Crippen LogP) is 25.1. The molecule has 0 atom stereocenters. The minimum Gasteiger partial charge on any atom is -0.789 e. The Kier molecular flexibility index (Phi) is 134. The van der Waals surface area contributed by atoms with Gasteiger partial charge in [0.05, 0.1) is 26.4 Å². The van der Waals surface area contributed by atoms with E-state index in [-0.39, 0.29) is 100 Å². The molecule has 4 radical (unpaired) electrons. The zero-order valence-electron chi connectivity index (χ0n) is 62.3. The zero-order chi connectivity index (χ0) is 68.0. The molecule has 0 unspecified atom stereocenters. The quantitative estimate of drug-likeness (QED) is 0.0145. The molecular formula is C82H158O8S5Sn2. The molecule has 15 heteroatoms. The number of rotatable bonds is 68. The third-order valence-electron chi connectivity index (χ3n) is 16.2. The van der Waals surface area contributed by atoms with Crippen molar-refractivity contribution in [2.75, 3.05) is 49.4 Å². The monoisotopic (exact) mass is 1670 g/mol. The Morgan fingerprint density at radius 2 is 0.340 bits per heavy atom. The van der Waals surface area contributed by atoms with Crippen molar-refractivity contribution in [1.29, 1.82) is 0 Å². The molecule has 572 valence electrons. The molecule has 0 aromatic heterocycles. The van der Waals surface area contributed by atoms with Gasteiger partial charge in [0, 0.05) is 24.3 Å². The Morgan fingerprint density at radius 3 is 0.454 bits per heavy atom. The maximum atomic E-state index is 11.2. The van der Waals surface area contributed by atoms with Crippen molar-refractivity contribution in [3.63, 3.8) is 0 Å². The van der Waals surface area contributed by atoms with E-state index >= 15 is 0 Å². The van der Waals surface area contributed by atoms with Gasteiger partial charge in [-0.3, -0.25) is 0 Å². The fraction of sp³-hybridized carbons (Fsp3) is 0.854. The van der Waals surface area contributed by atoms with Crippen LogP contribution in [0.4, 0.5) is 0 Å². The maximum Gasteiger partial charge on any atom is 2.00 e. The van der Waals surface area contributed by atoms with E-state index in [0.29, 0.717) is 49.4 Å². The molecule has 8 nitrogen and oxygen atoms in total. The summed E-state index contributed by atoms with van der Waals surface area (Å²) in [5, 5.41) is 0. The number of hydrogen-bond acceptors (Lipinski definition) is 12. The van der Waals surface area contributed by atoms with Gasteiger partial charge < -0.3 is 69.5 Å². The molecule has 0 saturated heterocycles. The molecular weight excluding hydrogens is 1510 g/mol. The van der Waals surface area contributed by atoms with Gasteiger partial charge in [-0.2, -0.15) is 13.5 Å². The Bertz CT molecular complexity index is 1350. The van der Waals surface area contributed by atoms with E-state index < -0.39 is 0 Å². The number of carbonyl (C=O) groups excluding carboxylic acids is 4. The van der Waals surface area contributed by atoms with Crippen LogP contribution in [0.3, 0.4) is 0 Å². The smallest absolute Gasteiger partial charge is 0.789 e. The standard InChI is InChI=1S/4C20H38O2S.2CH4.H2S.2Sn/c4*1-2-3-4-5-6-7-8-9-10-11-12-13-14-15-16-17-20(21)22-18-19-23;;;;;/h4*16-17,23H,2-15,18-19H2,1H3;2*1H4;1H2;;/q;;;;;;;2*+2/p-4/b4*17-16+;;;;;. The van der Waals surface area contributed by atoms with Crippen LogP contribution in [0.2, 0.25) is 0 Å². The summed E-state index contributed by atoms with van der Waals surface area (Å²) in [6.07, 6.45) is 88.9. The van der Waals surface area contributed by atoms with Gasteiger partial charge in [-0.25, -0.2) is 19.2 Å². The van der Waals surface area contributed by atoms with Gasteiger partial charge in [-0.15, -0.1) is 23.0 Å². The fourth-order valence-electron chi connectivity index (χ4n) is 10.6. The van der Waals surface area contributed by atoms with E-state index in [9.17, 15) is 19.2 Å². The van der Waals surface area contributed by atoms with Crippen LogP contribution >= 0.6 is 13.5 Å².